The summed E-state index contributed by atoms with van der Waals surface area (Å²) in [5.41, 5.74) is 5.64. The molecule has 1 aliphatic rings. The molecular weight excluding hydrogens is 430 g/mol. The summed E-state index contributed by atoms with van der Waals surface area (Å²) in [6.07, 6.45) is 3.39. The molecule has 0 spiro atoms. The Hall–Kier alpha value is -3.88. The Morgan fingerprint density at radius 1 is 1.29 bits per heavy atom. The third-order valence-electron chi connectivity index (χ3n) is 6.65. The Morgan fingerprint density at radius 2 is 2.12 bits per heavy atom. The molecule has 0 radical (unpaired) electrons. The van der Waals surface area contributed by atoms with Crippen molar-refractivity contribution in [2.24, 2.45) is 7.05 Å². The number of anilines is 1. The van der Waals surface area contributed by atoms with Gasteiger partial charge in [-0.15, -0.1) is 0 Å². The fourth-order valence-electron chi connectivity index (χ4n) is 4.97. The number of likely N-dealkylation sites (tertiary alicyclic amines) is 1. The van der Waals surface area contributed by atoms with Gasteiger partial charge in [0.2, 0.25) is 11.8 Å². The lowest BCUT2D eigenvalue weighted by atomic mass is 10.1. The minimum atomic E-state index is -0.354. The molecule has 4 heterocycles. The van der Waals surface area contributed by atoms with Gasteiger partial charge in [-0.3, -0.25) is 9.59 Å². The van der Waals surface area contributed by atoms with Crippen LogP contribution in [0.25, 0.3) is 33.3 Å². The van der Waals surface area contributed by atoms with Gasteiger partial charge < -0.3 is 24.7 Å². The quantitative estimate of drug-likeness (QED) is 0.478. The minimum absolute atomic E-state index is 0.00823. The fraction of sp³-hybridized carbons (Fsp3) is 0.360. The van der Waals surface area contributed by atoms with E-state index in [1.807, 2.05) is 36.9 Å². The Morgan fingerprint density at radius 3 is 2.88 bits per heavy atom. The van der Waals surface area contributed by atoms with Crippen molar-refractivity contribution in [1.82, 2.24) is 29.3 Å². The van der Waals surface area contributed by atoms with Gasteiger partial charge in [0.15, 0.2) is 5.82 Å². The highest BCUT2D eigenvalue weighted by Gasteiger charge is 2.34. The molecule has 1 saturated heterocycles. The molecule has 4 aromatic rings. The zero-order chi connectivity index (χ0) is 24.0. The van der Waals surface area contributed by atoms with Gasteiger partial charge in [0.1, 0.15) is 17.2 Å². The molecule has 3 aromatic heterocycles. The Labute approximate surface area is 197 Å². The van der Waals surface area contributed by atoms with Gasteiger partial charge in [-0.05, 0) is 36.1 Å². The topological polar surface area (TPSA) is 99.2 Å². The summed E-state index contributed by atoms with van der Waals surface area (Å²) in [4.78, 5) is 41.0. The van der Waals surface area contributed by atoms with E-state index in [1.54, 1.807) is 23.2 Å². The maximum absolute atomic E-state index is 13.0. The molecule has 1 atom stereocenters. The molecule has 9 nitrogen and oxygen atoms in total. The number of nitrogens with one attached hydrogen (secondary N) is 2. The fourth-order valence-corrected chi connectivity index (χ4v) is 4.97. The van der Waals surface area contributed by atoms with Crippen molar-refractivity contribution >= 4 is 39.7 Å². The number of pyridine rings is 1. The number of aromatic nitrogens is 4. The molecule has 2 N–H and O–H groups in total. The van der Waals surface area contributed by atoms with Crippen LogP contribution in [-0.4, -0.2) is 67.8 Å². The number of aryl methyl sites for hydroxylation is 1. The van der Waals surface area contributed by atoms with Gasteiger partial charge in [0.25, 0.3) is 0 Å². The van der Waals surface area contributed by atoms with E-state index in [4.69, 9.17) is 4.98 Å². The predicted molar refractivity (Wildman–Crippen MR) is 132 cm³/mol. The van der Waals surface area contributed by atoms with Crippen molar-refractivity contribution in [3.8, 4) is 11.3 Å². The number of fused-ring (bicyclic) bond motifs is 3. The molecule has 1 aliphatic heterocycles. The van der Waals surface area contributed by atoms with Crippen molar-refractivity contribution in [1.29, 1.82) is 0 Å². The lowest BCUT2D eigenvalue weighted by Crippen LogP contribution is -2.45. The van der Waals surface area contributed by atoms with E-state index in [0.29, 0.717) is 13.1 Å². The van der Waals surface area contributed by atoms with Crippen LogP contribution in [-0.2, 0) is 23.2 Å². The van der Waals surface area contributed by atoms with Crippen LogP contribution in [0.2, 0.25) is 0 Å². The van der Waals surface area contributed by atoms with Crippen LogP contribution >= 0.6 is 0 Å². The van der Waals surface area contributed by atoms with Gasteiger partial charge in [0.05, 0.1) is 11.8 Å². The Balaban J connectivity index is 1.43. The molecule has 0 unspecified atom stereocenters. The molecule has 2 amide bonds. The van der Waals surface area contributed by atoms with E-state index in [1.165, 1.54) is 6.92 Å². The monoisotopic (exact) mass is 459 g/mol. The van der Waals surface area contributed by atoms with Crippen LogP contribution in [0.5, 0.6) is 0 Å². The molecule has 176 valence electrons. The lowest BCUT2D eigenvalue weighted by Gasteiger charge is -2.27. The number of rotatable bonds is 5. The molecule has 0 bridgehead atoms. The number of hydrogen-bond donors (Lipinski definition) is 2. The molecule has 1 fully saturated rings. The summed E-state index contributed by atoms with van der Waals surface area (Å²) in [5.74, 6) is 0.686. The summed E-state index contributed by atoms with van der Waals surface area (Å²) in [6, 6.07) is 9.90. The maximum atomic E-state index is 13.0. The number of likely N-dealkylation sites (N-methyl/N-ethyl adjacent to an activating group) is 1. The van der Waals surface area contributed by atoms with Crippen LogP contribution < -0.4 is 5.32 Å². The SMILES string of the molecule is CNc1nc2[nH]c(-c3cccc(CN(C)C(=O)[C@@H]4CCCN4C(C)=O)c3)cc2c2c1ncn2C. The highest BCUT2D eigenvalue weighted by Crippen LogP contribution is 2.32. The first-order valence-electron chi connectivity index (χ1n) is 11.5. The summed E-state index contributed by atoms with van der Waals surface area (Å²) < 4.78 is 2.00. The smallest absolute Gasteiger partial charge is 0.245 e. The number of carbonyl (C=O) groups is 2. The van der Waals surface area contributed by atoms with Gasteiger partial charge >= 0.3 is 0 Å². The van der Waals surface area contributed by atoms with Crippen molar-refractivity contribution in [2.45, 2.75) is 32.4 Å². The highest BCUT2D eigenvalue weighted by molar-refractivity contribution is 6.07. The van der Waals surface area contributed by atoms with E-state index in [9.17, 15) is 9.59 Å². The number of carbonyl (C=O) groups excluding carboxylic acids is 2. The van der Waals surface area contributed by atoms with E-state index in [-0.39, 0.29) is 17.9 Å². The maximum Gasteiger partial charge on any atom is 0.245 e. The Kier molecular flexibility index (Phi) is 5.47. The number of benzene rings is 1. The third kappa shape index (κ3) is 3.67. The molecule has 34 heavy (non-hydrogen) atoms. The van der Waals surface area contributed by atoms with Crippen LogP contribution in [0, 0.1) is 0 Å². The largest absolute Gasteiger partial charge is 0.371 e. The molecular formula is C25H29N7O2. The summed E-state index contributed by atoms with van der Waals surface area (Å²) in [5, 5.41) is 4.14. The average molecular weight is 460 g/mol. The van der Waals surface area contributed by atoms with Gasteiger partial charge in [-0.1, -0.05) is 18.2 Å². The second kappa shape index (κ2) is 8.48. The zero-order valence-corrected chi connectivity index (χ0v) is 19.9. The number of imidazole rings is 1. The van der Waals surface area contributed by atoms with Crippen LogP contribution in [0.15, 0.2) is 36.7 Å². The molecule has 0 aliphatic carbocycles. The van der Waals surface area contributed by atoms with Crippen LogP contribution in [0.1, 0.15) is 25.3 Å². The van der Waals surface area contributed by atoms with Crippen molar-refractivity contribution in [3.63, 3.8) is 0 Å². The summed E-state index contributed by atoms with van der Waals surface area (Å²) in [6.45, 7) is 2.66. The number of nitrogens with zero attached hydrogens (tertiary/aromatic N) is 5. The number of H-pyrrole nitrogens is 1. The first-order valence-corrected chi connectivity index (χ1v) is 11.5. The number of aromatic amines is 1. The number of hydrogen-bond acceptors (Lipinski definition) is 5. The molecule has 0 saturated carbocycles. The second-order valence-corrected chi connectivity index (χ2v) is 8.97. The van der Waals surface area contributed by atoms with E-state index in [0.717, 1.165) is 57.5 Å². The highest BCUT2D eigenvalue weighted by atomic mass is 16.2. The first-order chi connectivity index (χ1) is 16.4. The third-order valence-corrected chi connectivity index (χ3v) is 6.65. The van der Waals surface area contributed by atoms with Gasteiger partial charge in [0, 0.05) is 52.2 Å². The molecule has 9 heteroatoms. The summed E-state index contributed by atoms with van der Waals surface area (Å²) >= 11 is 0. The van der Waals surface area contributed by atoms with Crippen molar-refractivity contribution in [2.75, 3.05) is 26.0 Å². The van der Waals surface area contributed by atoms with Crippen molar-refractivity contribution < 1.29 is 9.59 Å². The Bertz CT molecular complexity index is 1400. The van der Waals surface area contributed by atoms with E-state index < -0.39 is 0 Å². The number of amides is 2. The standard InChI is InChI=1S/C25H29N7O2/c1-15(33)32-10-6-9-20(32)25(34)30(3)13-16-7-5-8-17(11-16)19-12-18-22-21(27-14-31(22)4)24(26-2)29-23(18)28-19/h5,7-8,11-12,14,20H,6,9-10,13H2,1-4H3,(H2,26,28,29)/t20-/m0/s1. The average Bonchev–Trinajstić information content (AvgIpc) is 3.56. The second-order valence-electron chi connectivity index (χ2n) is 8.97. The van der Waals surface area contributed by atoms with E-state index in [2.05, 4.69) is 27.4 Å². The van der Waals surface area contributed by atoms with Crippen LogP contribution in [0.4, 0.5) is 5.82 Å². The molecule has 1 aromatic carbocycles. The normalized spacial score (nSPS) is 15.9. The lowest BCUT2D eigenvalue weighted by molar-refractivity contribution is -0.142. The minimum Gasteiger partial charge on any atom is -0.371 e. The molecule has 5 rings (SSSR count). The van der Waals surface area contributed by atoms with Crippen molar-refractivity contribution in [3.05, 3.63) is 42.2 Å². The van der Waals surface area contributed by atoms with Gasteiger partial charge in [-0.2, -0.15) is 0 Å². The first kappa shape index (κ1) is 21.9. The predicted octanol–water partition coefficient (Wildman–Crippen LogP) is 3.13. The van der Waals surface area contributed by atoms with E-state index >= 15 is 0 Å². The van der Waals surface area contributed by atoms with Gasteiger partial charge in [-0.25, -0.2) is 9.97 Å². The van der Waals surface area contributed by atoms with Crippen LogP contribution in [0.3, 0.4) is 0 Å². The zero-order valence-electron chi connectivity index (χ0n) is 19.9. The summed E-state index contributed by atoms with van der Waals surface area (Å²) in [7, 11) is 5.62.